The zero-order valence-electron chi connectivity index (χ0n) is 16.5. The molecule has 1 N–H and O–H groups in total. The Morgan fingerprint density at radius 3 is 2.50 bits per heavy atom. The Morgan fingerprint density at radius 2 is 1.79 bits per heavy atom. The van der Waals surface area contributed by atoms with Gasteiger partial charge in [0.1, 0.15) is 11.4 Å². The van der Waals surface area contributed by atoms with Gasteiger partial charge in [0.25, 0.3) is 5.91 Å². The van der Waals surface area contributed by atoms with Crippen molar-refractivity contribution in [1.29, 1.82) is 0 Å². The minimum Gasteiger partial charge on any atom is -0.497 e. The molecule has 3 aromatic rings. The fourth-order valence-electron chi connectivity index (χ4n) is 3.99. The molecule has 146 valence electrons. The molecule has 28 heavy (non-hydrogen) atoms. The third-order valence-corrected chi connectivity index (χ3v) is 5.51. The monoisotopic (exact) mass is 380 g/mol. The molecule has 1 atom stereocenters. The lowest BCUT2D eigenvalue weighted by atomic mass is 10.1. The van der Waals surface area contributed by atoms with E-state index in [1.807, 2.05) is 48.0 Å². The van der Waals surface area contributed by atoms with Crippen molar-refractivity contribution in [2.75, 3.05) is 21.3 Å². The number of hydrogen-bond donors (Lipinski definition) is 1. The zero-order valence-corrected chi connectivity index (χ0v) is 16.5. The van der Waals surface area contributed by atoms with Crippen molar-refractivity contribution in [3.05, 3.63) is 53.2 Å². The smallest absolute Gasteiger partial charge is 0.268 e. The van der Waals surface area contributed by atoms with Crippen molar-refractivity contribution >= 4 is 16.8 Å². The summed E-state index contributed by atoms with van der Waals surface area (Å²) in [6, 6.07) is 11.6. The average molecular weight is 380 g/mol. The molecule has 2 aromatic carbocycles. The maximum atomic E-state index is 13.0. The number of ether oxygens (including phenoxy) is 3. The van der Waals surface area contributed by atoms with Crippen LogP contribution < -0.4 is 19.5 Å². The van der Waals surface area contributed by atoms with Crippen LogP contribution in [0.1, 0.15) is 34.1 Å². The van der Waals surface area contributed by atoms with Gasteiger partial charge in [-0.15, -0.1) is 0 Å². The predicted octanol–water partition coefficient (Wildman–Crippen LogP) is 3.62. The number of aromatic nitrogens is 1. The number of nitrogens with zero attached hydrogens (tertiary/aromatic N) is 1. The van der Waals surface area contributed by atoms with Gasteiger partial charge in [-0.3, -0.25) is 4.79 Å². The molecule has 0 bridgehead atoms. The Hall–Kier alpha value is -3.15. The van der Waals surface area contributed by atoms with E-state index in [1.165, 1.54) is 5.56 Å². The maximum absolute atomic E-state index is 13.0. The molecule has 1 heterocycles. The highest BCUT2D eigenvalue weighted by Gasteiger charge is 2.27. The van der Waals surface area contributed by atoms with E-state index in [1.54, 1.807) is 21.3 Å². The number of fused-ring (bicyclic) bond motifs is 2. The molecular weight excluding hydrogens is 356 g/mol. The van der Waals surface area contributed by atoms with Crippen molar-refractivity contribution in [1.82, 2.24) is 9.88 Å². The van der Waals surface area contributed by atoms with Crippen LogP contribution in [-0.4, -0.2) is 31.8 Å². The Labute approximate surface area is 164 Å². The second-order valence-corrected chi connectivity index (χ2v) is 6.98. The van der Waals surface area contributed by atoms with Crippen LogP contribution in [0.3, 0.4) is 0 Å². The number of nitrogens with one attached hydrogen (secondary N) is 1. The highest BCUT2D eigenvalue weighted by Crippen LogP contribution is 2.39. The van der Waals surface area contributed by atoms with Crippen LogP contribution >= 0.6 is 0 Å². The zero-order chi connectivity index (χ0) is 19.8. The highest BCUT2D eigenvalue weighted by atomic mass is 16.5. The topological polar surface area (TPSA) is 61.7 Å². The van der Waals surface area contributed by atoms with Gasteiger partial charge in [-0.25, -0.2) is 0 Å². The number of carbonyl (C=O) groups excluding carboxylic acids is 1. The summed E-state index contributed by atoms with van der Waals surface area (Å²) >= 11 is 0. The largest absolute Gasteiger partial charge is 0.497 e. The van der Waals surface area contributed by atoms with E-state index >= 15 is 0 Å². The number of aryl methyl sites for hydroxylation is 2. The summed E-state index contributed by atoms with van der Waals surface area (Å²) in [5.74, 6) is 2.08. The second kappa shape index (κ2) is 7.11. The summed E-state index contributed by atoms with van der Waals surface area (Å²) in [7, 11) is 6.79. The number of carbonyl (C=O) groups is 1. The van der Waals surface area contributed by atoms with Gasteiger partial charge in [0, 0.05) is 18.0 Å². The molecule has 4 rings (SSSR count). The number of benzene rings is 2. The van der Waals surface area contributed by atoms with E-state index < -0.39 is 0 Å². The Kier molecular flexibility index (Phi) is 4.63. The van der Waals surface area contributed by atoms with E-state index in [0.717, 1.165) is 40.8 Å². The van der Waals surface area contributed by atoms with E-state index in [4.69, 9.17) is 14.2 Å². The summed E-state index contributed by atoms with van der Waals surface area (Å²) in [4.78, 5) is 13.0. The quantitative estimate of drug-likeness (QED) is 0.734. The first kappa shape index (κ1) is 18.2. The average Bonchev–Trinajstić information content (AvgIpc) is 3.26. The van der Waals surface area contributed by atoms with Gasteiger partial charge in [0.15, 0.2) is 11.5 Å². The van der Waals surface area contributed by atoms with Crippen LogP contribution in [0.4, 0.5) is 0 Å². The second-order valence-electron chi connectivity index (χ2n) is 6.98. The fourth-order valence-corrected chi connectivity index (χ4v) is 3.99. The normalized spacial score (nSPS) is 15.4. The lowest BCUT2D eigenvalue weighted by Gasteiger charge is -2.16. The van der Waals surface area contributed by atoms with Gasteiger partial charge in [-0.05, 0) is 60.4 Å². The molecule has 0 saturated heterocycles. The lowest BCUT2D eigenvalue weighted by Crippen LogP contribution is -2.28. The summed E-state index contributed by atoms with van der Waals surface area (Å²) < 4.78 is 18.0. The van der Waals surface area contributed by atoms with Crippen LogP contribution in [0.15, 0.2) is 36.4 Å². The molecule has 0 unspecified atom stereocenters. The van der Waals surface area contributed by atoms with E-state index in [2.05, 4.69) is 5.32 Å². The molecule has 1 aliphatic rings. The van der Waals surface area contributed by atoms with Crippen LogP contribution in [0.5, 0.6) is 17.2 Å². The molecule has 1 aromatic heterocycles. The molecule has 0 radical (unpaired) electrons. The van der Waals surface area contributed by atoms with Gasteiger partial charge in [0.05, 0.1) is 27.4 Å². The number of rotatable bonds is 5. The van der Waals surface area contributed by atoms with Crippen LogP contribution in [0, 0.1) is 0 Å². The van der Waals surface area contributed by atoms with Gasteiger partial charge >= 0.3 is 0 Å². The van der Waals surface area contributed by atoms with Gasteiger partial charge in [-0.1, -0.05) is 0 Å². The first-order valence-electron chi connectivity index (χ1n) is 9.24. The Bertz CT molecular complexity index is 1050. The molecule has 0 aliphatic heterocycles. The molecule has 1 amide bonds. The van der Waals surface area contributed by atoms with Gasteiger partial charge in [0.2, 0.25) is 0 Å². The highest BCUT2D eigenvalue weighted by molar-refractivity contribution is 5.99. The van der Waals surface area contributed by atoms with Crippen molar-refractivity contribution in [2.24, 2.45) is 7.05 Å². The SMILES string of the molecule is COc1ccc2c(c1)cc(C(=O)N[C@H]1CCc3cc(OC)c(OC)cc31)n2C. The van der Waals surface area contributed by atoms with E-state index in [9.17, 15) is 4.79 Å². The lowest BCUT2D eigenvalue weighted by molar-refractivity contribution is 0.0929. The minimum atomic E-state index is -0.0923. The van der Waals surface area contributed by atoms with Crippen LogP contribution in [0.2, 0.25) is 0 Å². The summed E-state index contributed by atoms with van der Waals surface area (Å²) in [5, 5.41) is 4.16. The summed E-state index contributed by atoms with van der Waals surface area (Å²) in [5.41, 5.74) is 3.89. The van der Waals surface area contributed by atoms with Crippen LogP contribution in [0.25, 0.3) is 10.9 Å². The third-order valence-electron chi connectivity index (χ3n) is 5.51. The predicted molar refractivity (Wildman–Crippen MR) is 108 cm³/mol. The summed E-state index contributed by atoms with van der Waals surface area (Å²) in [6.45, 7) is 0. The molecular formula is C22H24N2O4. The number of methoxy groups -OCH3 is 3. The van der Waals surface area contributed by atoms with Crippen LogP contribution in [-0.2, 0) is 13.5 Å². The molecule has 0 saturated carbocycles. The third kappa shape index (κ3) is 2.95. The van der Waals surface area contributed by atoms with Gasteiger partial charge < -0.3 is 24.1 Å². The minimum absolute atomic E-state index is 0.0464. The molecule has 6 nitrogen and oxygen atoms in total. The van der Waals surface area contributed by atoms with E-state index in [0.29, 0.717) is 11.4 Å². The summed E-state index contributed by atoms with van der Waals surface area (Å²) in [6.07, 6.45) is 1.75. The van der Waals surface area contributed by atoms with Crippen molar-refractivity contribution in [2.45, 2.75) is 18.9 Å². The Morgan fingerprint density at radius 1 is 1.04 bits per heavy atom. The molecule has 0 spiro atoms. The van der Waals surface area contributed by atoms with Crippen molar-refractivity contribution in [3.8, 4) is 17.2 Å². The molecule has 0 fully saturated rings. The molecule has 6 heteroatoms. The number of amides is 1. The Balaban J connectivity index is 1.62. The first-order chi connectivity index (χ1) is 13.5. The fraction of sp³-hybridized carbons (Fsp3) is 0.318. The maximum Gasteiger partial charge on any atom is 0.268 e. The first-order valence-corrected chi connectivity index (χ1v) is 9.24. The van der Waals surface area contributed by atoms with Crippen molar-refractivity contribution < 1.29 is 19.0 Å². The van der Waals surface area contributed by atoms with Crippen molar-refractivity contribution in [3.63, 3.8) is 0 Å². The standard InChI is InChI=1S/C22H24N2O4/c1-24-18-8-6-15(26-2)9-14(18)10-19(24)22(25)23-17-7-5-13-11-20(27-3)21(28-4)12-16(13)17/h6,8-12,17H,5,7H2,1-4H3,(H,23,25)/t17-/m0/s1. The van der Waals surface area contributed by atoms with Gasteiger partial charge in [-0.2, -0.15) is 0 Å². The molecule has 1 aliphatic carbocycles. The number of hydrogen-bond acceptors (Lipinski definition) is 4. The van der Waals surface area contributed by atoms with E-state index in [-0.39, 0.29) is 11.9 Å².